The lowest BCUT2D eigenvalue weighted by atomic mass is 10.2. The average molecular weight is 285 g/mol. The molecule has 2 rings (SSSR count). The lowest BCUT2D eigenvalue weighted by Gasteiger charge is -2.24. The molecule has 2 N–H and O–H groups in total. The quantitative estimate of drug-likeness (QED) is 0.848. The van der Waals surface area contributed by atoms with Crippen LogP contribution in [0.3, 0.4) is 0 Å². The number of anilines is 2. The summed E-state index contributed by atoms with van der Waals surface area (Å²) < 4.78 is 5.50. The number of nitrogens with two attached hydrogens (primary N) is 1. The molecule has 0 aliphatic carbocycles. The normalized spacial score (nSPS) is 10.4. The number of aryl methyl sites for hydroxylation is 1. The van der Waals surface area contributed by atoms with Crippen molar-refractivity contribution in [2.24, 2.45) is 5.73 Å². The topological polar surface area (TPSA) is 51.4 Å². The van der Waals surface area contributed by atoms with Crippen molar-refractivity contribution in [1.82, 2.24) is 4.98 Å². The van der Waals surface area contributed by atoms with Crippen LogP contribution in [0, 0.1) is 6.92 Å². The molecule has 21 heavy (non-hydrogen) atoms. The Morgan fingerprint density at radius 2 is 2.00 bits per heavy atom. The van der Waals surface area contributed by atoms with Crippen molar-refractivity contribution in [3.8, 4) is 5.88 Å². The molecule has 4 nitrogen and oxygen atoms in total. The molecule has 0 aliphatic rings. The van der Waals surface area contributed by atoms with E-state index in [-0.39, 0.29) is 0 Å². The van der Waals surface area contributed by atoms with Crippen LogP contribution in [-0.2, 0) is 0 Å². The average Bonchev–Trinajstić information content (AvgIpc) is 2.49. The van der Waals surface area contributed by atoms with Crippen molar-refractivity contribution in [1.29, 1.82) is 0 Å². The van der Waals surface area contributed by atoms with Crippen LogP contribution in [0.4, 0.5) is 11.5 Å². The van der Waals surface area contributed by atoms with Gasteiger partial charge < -0.3 is 15.4 Å². The standard InChI is InChI=1S/C17H23N3O/c1-3-21-17-10-5-9-16(19-17)20(12-6-11-18)15-8-4-7-14(2)13-15/h4-5,7-10,13H,3,6,11-12,18H2,1-2H3. The van der Waals surface area contributed by atoms with E-state index in [0.717, 1.165) is 24.5 Å². The van der Waals surface area contributed by atoms with Gasteiger partial charge in [-0.25, -0.2) is 0 Å². The van der Waals surface area contributed by atoms with Crippen molar-refractivity contribution in [3.05, 3.63) is 48.0 Å². The van der Waals surface area contributed by atoms with E-state index in [0.29, 0.717) is 19.0 Å². The molecule has 0 aliphatic heterocycles. The molecule has 1 aromatic carbocycles. The van der Waals surface area contributed by atoms with Crippen molar-refractivity contribution in [3.63, 3.8) is 0 Å². The molecule has 0 fully saturated rings. The molecule has 0 amide bonds. The van der Waals surface area contributed by atoms with E-state index >= 15 is 0 Å². The predicted molar refractivity (Wildman–Crippen MR) is 87.3 cm³/mol. The Bertz CT molecular complexity index is 571. The summed E-state index contributed by atoms with van der Waals surface area (Å²) in [5.74, 6) is 1.54. The first-order valence-corrected chi connectivity index (χ1v) is 7.38. The third-order valence-corrected chi connectivity index (χ3v) is 3.18. The third-order valence-electron chi connectivity index (χ3n) is 3.18. The Labute approximate surface area is 126 Å². The first kappa shape index (κ1) is 15.3. The summed E-state index contributed by atoms with van der Waals surface area (Å²) in [6, 6.07) is 14.3. The van der Waals surface area contributed by atoms with Gasteiger partial charge >= 0.3 is 0 Å². The van der Waals surface area contributed by atoms with Crippen LogP contribution in [0.25, 0.3) is 0 Å². The first-order valence-electron chi connectivity index (χ1n) is 7.38. The first-order chi connectivity index (χ1) is 10.2. The third kappa shape index (κ3) is 4.20. The second-order valence-electron chi connectivity index (χ2n) is 4.90. The van der Waals surface area contributed by atoms with Gasteiger partial charge in [-0.2, -0.15) is 4.98 Å². The van der Waals surface area contributed by atoms with Gasteiger partial charge in [0, 0.05) is 18.3 Å². The molecule has 0 spiro atoms. The van der Waals surface area contributed by atoms with Crippen molar-refractivity contribution >= 4 is 11.5 Å². The molecule has 0 bridgehead atoms. The van der Waals surface area contributed by atoms with Gasteiger partial charge in [0.25, 0.3) is 0 Å². The zero-order valence-electron chi connectivity index (χ0n) is 12.7. The zero-order chi connectivity index (χ0) is 15.1. The van der Waals surface area contributed by atoms with E-state index in [4.69, 9.17) is 10.5 Å². The Kier molecular flexibility index (Phi) is 5.58. The Hall–Kier alpha value is -2.07. The SMILES string of the molecule is CCOc1cccc(N(CCCN)c2cccc(C)c2)n1. The highest BCUT2D eigenvalue weighted by Crippen LogP contribution is 2.26. The van der Waals surface area contributed by atoms with Crippen LogP contribution in [0.2, 0.25) is 0 Å². The van der Waals surface area contributed by atoms with E-state index in [1.165, 1.54) is 5.56 Å². The maximum Gasteiger partial charge on any atom is 0.215 e. The minimum absolute atomic E-state index is 0.615. The summed E-state index contributed by atoms with van der Waals surface area (Å²) in [6.07, 6.45) is 0.911. The molecule has 0 saturated carbocycles. The number of benzene rings is 1. The molecule has 0 saturated heterocycles. The number of aromatic nitrogens is 1. The molecular weight excluding hydrogens is 262 g/mol. The van der Waals surface area contributed by atoms with Gasteiger partial charge in [0.2, 0.25) is 5.88 Å². The van der Waals surface area contributed by atoms with Crippen molar-refractivity contribution < 1.29 is 4.74 Å². The minimum Gasteiger partial charge on any atom is -0.478 e. The lowest BCUT2D eigenvalue weighted by molar-refractivity contribution is 0.327. The molecule has 4 heteroatoms. The summed E-state index contributed by atoms with van der Waals surface area (Å²) in [5, 5.41) is 0. The Balaban J connectivity index is 2.33. The van der Waals surface area contributed by atoms with Gasteiger partial charge in [-0.1, -0.05) is 18.2 Å². The molecule has 1 heterocycles. The second kappa shape index (κ2) is 7.64. The van der Waals surface area contributed by atoms with Crippen molar-refractivity contribution in [2.45, 2.75) is 20.3 Å². The van der Waals surface area contributed by atoms with E-state index < -0.39 is 0 Å². The summed E-state index contributed by atoms with van der Waals surface area (Å²) in [7, 11) is 0. The molecule has 0 radical (unpaired) electrons. The van der Waals surface area contributed by atoms with Crippen LogP contribution in [0.1, 0.15) is 18.9 Å². The maximum absolute atomic E-state index is 5.67. The monoisotopic (exact) mass is 285 g/mol. The maximum atomic E-state index is 5.67. The minimum atomic E-state index is 0.615. The number of nitrogens with zero attached hydrogens (tertiary/aromatic N) is 2. The van der Waals surface area contributed by atoms with Gasteiger partial charge in [-0.3, -0.25) is 0 Å². The van der Waals surface area contributed by atoms with Gasteiger partial charge in [0.15, 0.2) is 0 Å². The number of hydrogen-bond acceptors (Lipinski definition) is 4. The number of ether oxygens (including phenoxy) is 1. The molecule has 1 aromatic heterocycles. The predicted octanol–water partition coefficient (Wildman–Crippen LogP) is 3.28. The van der Waals surface area contributed by atoms with E-state index in [1.54, 1.807) is 0 Å². The Morgan fingerprint density at radius 3 is 2.71 bits per heavy atom. The van der Waals surface area contributed by atoms with Gasteiger partial charge in [-0.15, -0.1) is 0 Å². The van der Waals surface area contributed by atoms with Crippen molar-refractivity contribution in [2.75, 3.05) is 24.6 Å². The van der Waals surface area contributed by atoms with E-state index in [1.807, 2.05) is 25.1 Å². The van der Waals surface area contributed by atoms with E-state index in [2.05, 4.69) is 41.1 Å². The largest absolute Gasteiger partial charge is 0.478 e. The van der Waals surface area contributed by atoms with Gasteiger partial charge in [-0.05, 0) is 50.6 Å². The Morgan fingerprint density at radius 1 is 1.19 bits per heavy atom. The smallest absolute Gasteiger partial charge is 0.215 e. The number of rotatable bonds is 7. The summed E-state index contributed by atoms with van der Waals surface area (Å²) >= 11 is 0. The van der Waals surface area contributed by atoms with Crippen LogP contribution in [0.5, 0.6) is 5.88 Å². The molecule has 0 atom stereocenters. The fourth-order valence-electron chi connectivity index (χ4n) is 2.20. The van der Waals surface area contributed by atoms with Gasteiger partial charge in [0.1, 0.15) is 5.82 Å². The summed E-state index contributed by atoms with van der Waals surface area (Å²) in [5.41, 5.74) is 8.03. The highest BCUT2D eigenvalue weighted by molar-refractivity contribution is 5.61. The fraction of sp³-hybridized carbons (Fsp3) is 0.353. The van der Waals surface area contributed by atoms with Crippen LogP contribution in [-0.4, -0.2) is 24.7 Å². The fourth-order valence-corrected chi connectivity index (χ4v) is 2.20. The molecule has 2 aromatic rings. The number of pyridine rings is 1. The number of hydrogen-bond donors (Lipinski definition) is 1. The van der Waals surface area contributed by atoms with Crippen LogP contribution >= 0.6 is 0 Å². The molecule has 0 unspecified atom stereocenters. The summed E-state index contributed by atoms with van der Waals surface area (Å²) in [4.78, 5) is 6.77. The highest BCUT2D eigenvalue weighted by atomic mass is 16.5. The van der Waals surface area contributed by atoms with Crippen LogP contribution in [0.15, 0.2) is 42.5 Å². The highest BCUT2D eigenvalue weighted by Gasteiger charge is 2.11. The second-order valence-corrected chi connectivity index (χ2v) is 4.90. The zero-order valence-corrected chi connectivity index (χ0v) is 12.7. The lowest BCUT2D eigenvalue weighted by Crippen LogP contribution is -2.22. The van der Waals surface area contributed by atoms with Crippen LogP contribution < -0.4 is 15.4 Å². The molecular formula is C17H23N3O. The van der Waals surface area contributed by atoms with E-state index in [9.17, 15) is 0 Å². The molecule has 112 valence electrons. The summed E-state index contributed by atoms with van der Waals surface area (Å²) in [6.45, 7) is 6.16. The van der Waals surface area contributed by atoms with Gasteiger partial charge in [0.05, 0.1) is 6.61 Å².